The number of imidazole rings is 1. The zero-order chi connectivity index (χ0) is 12.7. The molecule has 0 amide bonds. The Morgan fingerprint density at radius 3 is 2.41 bits per heavy atom. The fourth-order valence-corrected chi connectivity index (χ4v) is 1.94. The highest BCUT2D eigenvalue weighted by Gasteiger charge is 2.16. The quantitative estimate of drug-likeness (QED) is 0.764. The van der Waals surface area contributed by atoms with Gasteiger partial charge in [0.15, 0.2) is 11.2 Å². The van der Waals surface area contributed by atoms with Crippen molar-refractivity contribution in [1.82, 2.24) is 18.7 Å². The summed E-state index contributed by atoms with van der Waals surface area (Å²) in [5, 5.41) is 2.89. The summed E-state index contributed by atoms with van der Waals surface area (Å²) in [6, 6.07) is 0. The molecule has 17 heavy (non-hydrogen) atoms. The van der Waals surface area contributed by atoms with Gasteiger partial charge in [0.05, 0.1) is 0 Å². The van der Waals surface area contributed by atoms with Gasteiger partial charge >= 0.3 is 5.69 Å². The monoisotopic (exact) mass is 237 g/mol. The largest absolute Gasteiger partial charge is 0.359 e. The second-order valence-electron chi connectivity index (χ2n) is 3.81. The van der Waals surface area contributed by atoms with Crippen molar-refractivity contribution < 1.29 is 0 Å². The Balaban J connectivity index is 3.10. The highest BCUT2D eigenvalue weighted by Crippen LogP contribution is 2.12. The zero-order valence-corrected chi connectivity index (χ0v) is 10.3. The van der Waals surface area contributed by atoms with E-state index >= 15 is 0 Å². The first-order chi connectivity index (χ1) is 8.02. The second kappa shape index (κ2) is 3.76. The van der Waals surface area contributed by atoms with Gasteiger partial charge in [0.25, 0.3) is 5.56 Å². The van der Waals surface area contributed by atoms with Crippen LogP contribution in [0.15, 0.2) is 9.59 Å². The summed E-state index contributed by atoms with van der Waals surface area (Å²) < 4.78 is 4.24. The molecule has 0 fully saturated rings. The molecular weight excluding hydrogens is 222 g/mol. The summed E-state index contributed by atoms with van der Waals surface area (Å²) in [5.41, 5.74) is 0.183. The molecule has 0 radical (unpaired) electrons. The first kappa shape index (κ1) is 11.4. The SMILES string of the molecule is CCn1c(=O)n(C)c(=O)c2c1nc(NC)n2C. The number of rotatable bonds is 2. The van der Waals surface area contributed by atoms with Crippen LogP contribution in [-0.2, 0) is 20.6 Å². The van der Waals surface area contributed by atoms with E-state index in [9.17, 15) is 9.59 Å². The van der Waals surface area contributed by atoms with Gasteiger partial charge in [0.2, 0.25) is 5.95 Å². The highest BCUT2D eigenvalue weighted by atomic mass is 16.2. The molecule has 2 aromatic heterocycles. The predicted octanol–water partition coefficient (Wildman–Crippen LogP) is -0.505. The molecule has 7 heteroatoms. The molecule has 0 saturated carbocycles. The average molecular weight is 237 g/mol. The fourth-order valence-electron chi connectivity index (χ4n) is 1.94. The second-order valence-corrected chi connectivity index (χ2v) is 3.81. The van der Waals surface area contributed by atoms with Crippen molar-refractivity contribution in [3.63, 3.8) is 0 Å². The maximum atomic E-state index is 12.0. The van der Waals surface area contributed by atoms with E-state index in [1.54, 1.807) is 18.7 Å². The number of nitrogens with zero attached hydrogens (tertiary/aromatic N) is 4. The Kier molecular flexibility index (Phi) is 2.53. The molecule has 0 aliphatic heterocycles. The van der Waals surface area contributed by atoms with Crippen molar-refractivity contribution in [1.29, 1.82) is 0 Å². The Morgan fingerprint density at radius 2 is 1.88 bits per heavy atom. The van der Waals surface area contributed by atoms with Crippen molar-refractivity contribution >= 4 is 17.1 Å². The fraction of sp³-hybridized carbons (Fsp3) is 0.500. The van der Waals surface area contributed by atoms with E-state index in [0.717, 1.165) is 4.57 Å². The summed E-state index contributed by atoms with van der Waals surface area (Å²) in [4.78, 5) is 28.2. The third kappa shape index (κ3) is 1.38. The number of hydrogen-bond donors (Lipinski definition) is 1. The molecule has 0 aliphatic carbocycles. The Morgan fingerprint density at radius 1 is 1.24 bits per heavy atom. The van der Waals surface area contributed by atoms with Crippen molar-refractivity contribution in [2.45, 2.75) is 13.5 Å². The highest BCUT2D eigenvalue weighted by molar-refractivity contribution is 5.74. The van der Waals surface area contributed by atoms with Gasteiger partial charge in [0, 0.05) is 27.7 Å². The molecule has 0 aliphatic rings. The maximum absolute atomic E-state index is 12.0. The Bertz CT molecular complexity index is 691. The van der Waals surface area contributed by atoms with E-state index in [1.165, 1.54) is 11.6 Å². The summed E-state index contributed by atoms with van der Waals surface area (Å²) in [6.07, 6.45) is 0. The maximum Gasteiger partial charge on any atom is 0.332 e. The number of aryl methyl sites for hydroxylation is 2. The summed E-state index contributed by atoms with van der Waals surface area (Å²) in [6.45, 7) is 2.32. The minimum atomic E-state index is -0.342. The van der Waals surface area contributed by atoms with Crippen molar-refractivity contribution in [3.8, 4) is 0 Å². The van der Waals surface area contributed by atoms with Gasteiger partial charge < -0.3 is 9.88 Å². The molecule has 0 saturated heterocycles. The van der Waals surface area contributed by atoms with Crippen molar-refractivity contribution in [2.75, 3.05) is 12.4 Å². The lowest BCUT2D eigenvalue weighted by Crippen LogP contribution is -2.38. The molecule has 0 atom stereocenters. The zero-order valence-electron chi connectivity index (χ0n) is 10.3. The minimum absolute atomic E-state index is 0.328. The lowest BCUT2D eigenvalue weighted by Gasteiger charge is -2.05. The van der Waals surface area contributed by atoms with Gasteiger partial charge in [-0.05, 0) is 6.92 Å². The van der Waals surface area contributed by atoms with E-state index in [4.69, 9.17) is 0 Å². The number of aromatic nitrogens is 4. The lowest BCUT2D eigenvalue weighted by atomic mass is 10.5. The smallest absolute Gasteiger partial charge is 0.332 e. The van der Waals surface area contributed by atoms with Crippen LogP contribution in [0.2, 0.25) is 0 Å². The van der Waals surface area contributed by atoms with E-state index in [0.29, 0.717) is 23.7 Å². The molecule has 2 heterocycles. The van der Waals surface area contributed by atoms with E-state index < -0.39 is 0 Å². The van der Waals surface area contributed by atoms with Gasteiger partial charge in [-0.15, -0.1) is 0 Å². The van der Waals surface area contributed by atoms with Crippen LogP contribution in [0.25, 0.3) is 11.2 Å². The topological polar surface area (TPSA) is 73.8 Å². The first-order valence-corrected chi connectivity index (χ1v) is 5.36. The summed E-state index contributed by atoms with van der Waals surface area (Å²) >= 11 is 0. The molecular formula is C10H15N5O2. The summed E-state index contributed by atoms with van der Waals surface area (Å²) in [5.74, 6) is 0.560. The molecule has 2 rings (SSSR count). The van der Waals surface area contributed by atoms with Crippen LogP contribution in [-0.4, -0.2) is 25.7 Å². The van der Waals surface area contributed by atoms with E-state index in [2.05, 4.69) is 10.3 Å². The standard InChI is InChI=1S/C10H15N5O2/c1-5-15-7-6(8(16)14(4)10(15)17)13(3)9(11-2)12-7/h5H2,1-4H3,(H,11,12). The van der Waals surface area contributed by atoms with Crippen LogP contribution < -0.4 is 16.6 Å². The molecule has 92 valence electrons. The van der Waals surface area contributed by atoms with Gasteiger partial charge in [0.1, 0.15) is 0 Å². The molecule has 1 N–H and O–H groups in total. The van der Waals surface area contributed by atoms with Gasteiger partial charge in [-0.25, -0.2) is 4.79 Å². The average Bonchev–Trinajstić information content (AvgIpc) is 2.64. The third-order valence-electron chi connectivity index (χ3n) is 2.90. The number of fused-ring (bicyclic) bond motifs is 1. The molecule has 2 aromatic rings. The van der Waals surface area contributed by atoms with Crippen LogP contribution in [0.5, 0.6) is 0 Å². The van der Waals surface area contributed by atoms with Crippen LogP contribution in [0.3, 0.4) is 0 Å². The van der Waals surface area contributed by atoms with Gasteiger partial charge in [-0.2, -0.15) is 4.98 Å². The molecule has 0 unspecified atom stereocenters. The lowest BCUT2D eigenvalue weighted by molar-refractivity contribution is 0.651. The third-order valence-corrected chi connectivity index (χ3v) is 2.90. The van der Waals surface area contributed by atoms with Crippen LogP contribution in [0, 0.1) is 0 Å². The van der Waals surface area contributed by atoms with Crippen LogP contribution in [0.4, 0.5) is 5.95 Å². The van der Waals surface area contributed by atoms with E-state index in [1.807, 2.05) is 6.92 Å². The summed E-state index contributed by atoms with van der Waals surface area (Å²) in [7, 11) is 4.94. The number of anilines is 1. The van der Waals surface area contributed by atoms with Gasteiger partial charge in [-0.1, -0.05) is 0 Å². The normalized spacial score (nSPS) is 11.1. The Labute approximate surface area is 97.3 Å². The first-order valence-electron chi connectivity index (χ1n) is 5.36. The van der Waals surface area contributed by atoms with Crippen LogP contribution >= 0.6 is 0 Å². The van der Waals surface area contributed by atoms with E-state index in [-0.39, 0.29) is 11.2 Å². The van der Waals surface area contributed by atoms with Crippen LogP contribution in [0.1, 0.15) is 6.92 Å². The minimum Gasteiger partial charge on any atom is -0.359 e. The number of hydrogen-bond acceptors (Lipinski definition) is 4. The van der Waals surface area contributed by atoms with Gasteiger partial charge in [-0.3, -0.25) is 13.9 Å². The van der Waals surface area contributed by atoms with Crippen molar-refractivity contribution in [3.05, 3.63) is 20.8 Å². The number of nitrogens with one attached hydrogen (secondary N) is 1. The molecule has 0 aromatic carbocycles. The molecule has 7 nitrogen and oxygen atoms in total. The molecule has 0 spiro atoms. The predicted molar refractivity (Wildman–Crippen MR) is 65.4 cm³/mol. The Hall–Kier alpha value is -2.05. The van der Waals surface area contributed by atoms with Crippen molar-refractivity contribution in [2.24, 2.45) is 14.1 Å². The molecule has 0 bridgehead atoms.